The summed E-state index contributed by atoms with van der Waals surface area (Å²) in [7, 11) is 0. The predicted molar refractivity (Wildman–Crippen MR) is 79.2 cm³/mol. The maximum atomic E-state index is 12.7. The van der Waals surface area contributed by atoms with Crippen LogP contribution in [-0.2, 0) is 13.0 Å². The van der Waals surface area contributed by atoms with Gasteiger partial charge in [-0.05, 0) is 32.3 Å². The molecule has 0 unspecified atom stereocenters. The number of nitrogens with zero attached hydrogens (tertiary/aromatic N) is 2. The monoisotopic (exact) mass is 293 g/mol. The Morgan fingerprint density at radius 3 is 2.62 bits per heavy atom. The Labute approximate surface area is 124 Å². The van der Waals surface area contributed by atoms with Crippen LogP contribution in [0.2, 0.25) is 0 Å². The molecule has 0 bridgehead atoms. The molecule has 3 nitrogen and oxygen atoms in total. The van der Waals surface area contributed by atoms with Gasteiger partial charge in [-0.2, -0.15) is 8.78 Å². The average Bonchev–Trinajstić information content (AvgIpc) is 2.93. The van der Waals surface area contributed by atoms with E-state index in [0.717, 1.165) is 17.4 Å². The van der Waals surface area contributed by atoms with Gasteiger partial charge in [0.05, 0.1) is 6.54 Å². The van der Waals surface area contributed by atoms with Gasteiger partial charge in [0.2, 0.25) is 0 Å². The number of aromatic nitrogens is 2. The molecule has 1 heterocycles. The largest absolute Gasteiger partial charge is 0.319 e. The number of rotatable bonds is 7. The summed E-state index contributed by atoms with van der Waals surface area (Å²) in [5, 5.41) is 3.31. The fourth-order valence-corrected chi connectivity index (χ4v) is 2.17. The first kappa shape index (κ1) is 15.6. The van der Waals surface area contributed by atoms with Crippen LogP contribution in [0.25, 0.3) is 0 Å². The van der Waals surface area contributed by atoms with Gasteiger partial charge in [-0.15, -0.1) is 0 Å². The van der Waals surface area contributed by atoms with Crippen LogP contribution in [0.15, 0.2) is 42.7 Å². The van der Waals surface area contributed by atoms with E-state index in [0.29, 0.717) is 12.4 Å². The highest BCUT2D eigenvalue weighted by atomic mass is 19.3. The summed E-state index contributed by atoms with van der Waals surface area (Å²) >= 11 is 0. The van der Waals surface area contributed by atoms with E-state index in [9.17, 15) is 8.78 Å². The molecule has 0 aliphatic carbocycles. The lowest BCUT2D eigenvalue weighted by molar-refractivity contribution is 0.0661. The predicted octanol–water partition coefficient (Wildman–Crippen LogP) is 3.78. The molecule has 114 valence electrons. The van der Waals surface area contributed by atoms with E-state index in [2.05, 4.69) is 36.3 Å². The van der Waals surface area contributed by atoms with Crippen molar-refractivity contribution in [3.63, 3.8) is 0 Å². The van der Waals surface area contributed by atoms with E-state index < -0.39 is 6.55 Å². The lowest BCUT2D eigenvalue weighted by Crippen LogP contribution is -2.39. The van der Waals surface area contributed by atoms with Crippen LogP contribution in [0.1, 0.15) is 38.2 Å². The molecule has 1 aromatic carbocycles. The molecule has 0 saturated heterocycles. The summed E-state index contributed by atoms with van der Waals surface area (Å²) in [5.41, 5.74) is 1.14. The SMILES string of the molecule is CC(C)(CCc1ccccc1)NCc1nccn1C(F)F. The molecule has 0 spiro atoms. The van der Waals surface area contributed by atoms with Gasteiger partial charge in [0.25, 0.3) is 0 Å². The Kier molecular flexibility index (Phi) is 5.07. The zero-order valence-corrected chi connectivity index (χ0v) is 12.4. The molecular weight excluding hydrogens is 272 g/mol. The fraction of sp³-hybridized carbons (Fsp3) is 0.438. The van der Waals surface area contributed by atoms with Crippen molar-refractivity contribution >= 4 is 0 Å². The maximum absolute atomic E-state index is 12.7. The van der Waals surface area contributed by atoms with Crippen LogP contribution in [0.4, 0.5) is 8.78 Å². The van der Waals surface area contributed by atoms with Crippen molar-refractivity contribution < 1.29 is 8.78 Å². The Morgan fingerprint density at radius 2 is 1.95 bits per heavy atom. The second-order valence-electron chi connectivity index (χ2n) is 5.75. The van der Waals surface area contributed by atoms with E-state index in [-0.39, 0.29) is 5.54 Å². The molecule has 2 aromatic rings. The molecule has 2 rings (SSSR count). The summed E-state index contributed by atoms with van der Waals surface area (Å²) < 4.78 is 26.4. The molecule has 0 atom stereocenters. The summed E-state index contributed by atoms with van der Waals surface area (Å²) in [6.07, 6.45) is 4.58. The van der Waals surface area contributed by atoms with Crippen molar-refractivity contribution in [2.24, 2.45) is 0 Å². The molecular formula is C16H21F2N3. The van der Waals surface area contributed by atoms with Crippen molar-refractivity contribution in [2.75, 3.05) is 0 Å². The van der Waals surface area contributed by atoms with Crippen molar-refractivity contribution in [3.8, 4) is 0 Å². The van der Waals surface area contributed by atoms with Gasteiger partial charge in [-0.25, -0.2) is 4.98 Å². The average molecular weight is 293 g/mol. The van der Waals surface area contributed by atoms with Gasteiger partial charge in [0.15, 0.2) is 0 Å². The molecule has 0 radical (unpaired) electrons. The van der Waals surface area contributed by atoms with Gasteiger partial charge < -0.3 is 5.32 Å². The molecule has 1 aromatic heterocycles. The van der Waals surface area contributed by atoms with Gasteiger partial charge in [-0.1, -0.05) is 30.3 Å². The number of alkyl halides is 2. The number of nitrogens with one attached hydrogen (secondary N) is 1. The van der Waals surface area contributed by atoms with Crippen molar-refractivity contribution in [1.82, 2.24) is 14.9 Å². The number of benzene rings is 1. The number of halogens is 2. The maximum Gasteiger partial charge on any atom is 0.319 e. The summed E-state index contributed by atoms with van der Waals surface area (Å²) in [6, 6.07) is 10.2. The normalized spacial score (nSPS) is 12.0. The minimum absolute atomic E-state index is 0.144. The number of imidazole rings is 1. The third-order valence-electron chi connectivity index (χ3n) is 3.57. The van der Waals surface area contributed by atoms with Crippen LogP contribution in [0.3, 0.4) is 0 Å². The first-order chi connectivity index (χ1) is 9.98. The first-order valence-corrected chi connectivity index (χ1v) is 7.07. The van der Waals surface area contributed by atoms with Crippen molar-refractivity contribution in [3.05, 3.63) is 54.1 Å². The van der Waals surface area contributed by atoms with Gasteiger partial charge >= 0.3 is 6.55 Å². The Hall–Kier alpha value is -1.75. The topological polar surface area (TPSA) is 29.9 Å². The highest BCUT2D eigenvalue weighted by Crippen LogP contribution is 2.16. The molecule has 0 aliphatic heterocycles. The third-order valence-corrected chi connectivity index (χ3v) is 3.57. The van der Waals surface area contributed by atoms with Crippen LogP contribution in [-0.4, -0.2) is 15.1 Å². The van der Waals surface area contributed by atoms with Crippen LogP contribution < -0.4 is 5.32 Å². The Balaban J connectivity index is 1.87. The highest BCUT2D eigenvalue weighted by molar-refractivity contribution is 5.15. The third kappa shape index (κ3) is 4.63. The molecule has 0 amide bonds. The van der Waals surface area contributed by atoms with E-state index >= 15 is 0 Å². The zero-order valence-electron chi connectivity index (χ0n) is 12.4. The lowest BCUT2D eigenvalue weighted by atomic mass is 9.95. The summed E-state index contributed by atoms with van der Waals surface area (Å²) in [5.74, 6) is 0.359. The number of aryl methyl sites for hydroxylation is 1. The van der Waals surface area contributed by atoms with Gasteiger partial charge in [0, 0.05) is 17.9 Å². The van der Waals surface area contributed by atoms with Gasteiger partial charge in [-0.3, -0.25) is 4.57 Å². The summed E-state index contributed by atoms with van der Waals surface area (Å²) in [4.78, 5) is 3.98. The molecule has 5 heteroatoms. The minimum atomic E-state index is -2.54. The van der Waals surface area contributed by atoms with E-state index in [4.69, 9.17) is 0 Å². The van der Waals surface area contributed by atoms with Crippen LogP contribution in [0, 0.1) is 0 Å². The number of hydrogen-bond donors (Lipinski definition) is 1. The molecule has 21 heavy (non-hydrogen) atoms. The van der Waals surface area contributed by atoms with Crippen molar-refractivity contribution in [1.29, 1.82) is 0 Å². The molecule has 1 N–H and O–H groups in total. The molecule has 0 fully saturated rings. The lowest BCUT2D eigenvalue weighted by Gasteiger charge is -2.26. The zero-order chi connectivity index (χ0) is 15.3. The Bertz CT molecular complexity index is 550. The van der Waals surface area contributed by atoms with Crippen LogP contribution in [0.5, 0.6) is 0 Å². The fourth-order valence-electron chi connectivity index (χ4n) is 2.17. The van der Waals surface area contributed by atoms with E-state index in [1.54, 1.807) is 0 Å². The van der Waals surface area contributed by atoms with Crippen molar-refractivity contribution in [2.45, 2.75) is 45.3 Å². The van der Waals surface area contributed by atoms with E-state index in [1.807, 2.05) is 18.2 Å². The van der Waals surface area contributed by atoms with Gasteiger partial charge in [0.1, 0.15) is 5.82 Å². The quantitative estimate of drug-likeness (QED) is 0.842. The molecule has 0 aliphatic rings. The Morgan fingerprint density at radius 1 is 1.24 bits per heavy atom. The minimum Gasteiger partial charge on any atom is -0.305 e. The first-order valence-electron chi connectivity index (χ1n) is 7.07. The standard InChI is InChI=1S/C16H21F2N3/c1-16(2,9-8-13-6-4-3-5-7-13)20-12-14-19-10-11-21(14)15(17)18/h3-7,10-11,15,20H,8-9,12H2,1-2H3. The smallest absolute Gasteiger partial charge is 0.305 e. The highest BCUT2D eigenvalue weighted by Gasteiger charge is 2.19. The second-order valence-corrected chi connectivity index (χ2v) is 5.75. The van der Waals surface area contributed by atoms with E-state index in [1.165, 1.54) is 18.0 Å². The number of hydrogen-bond acceptors (Lipinski definition) is 2. The molecule has 0 saturated carbocycles. The second kappa shape index (κ2) is 6.80. The van der Waals surface area contributed by atoms with Crippen LogP contribution >= 0.6 is 0 Å². The summed E-state index contributed by atoms with van der Waals surface area (Å²) in [6.45, 7) is 1.94.